The highest BCUT2D eigenvalue weighted by Crippen LogP contribution is 2.21. The maximum Gasteiger partial charge on any atom is 0.0975 e. The molecule has 2 aromatic rings. The summed E-state index contributed by atoms with van der Waals surface area (Å²) >= 11 is 7.45. The van der Waals surface area contributed by atoms with Crippen LogP contribution in [0.2, 0.25) is 5.02 Å². The molecule has 0 N–H and O–H groups in total. The first-order valence-electron chi connectivity index (χ1n) is 5.25. The van der Waals surface area contributed by atoms with Gasteiger partial charge in [-0.25, -0.2) is 4.98 Å². The van der Waals surface area contributed by atoms with Crippen LogP contribution in [0.5, 0.6) is 0 Å². The Hall–Kier alpha value is -1.37. The molecular formula is C13H11ClN2S. The van der Waals surface area contributed by atoms with Crippen molar-refractivity contribution >= 4 is 22.9 Å². The molecule has 0 spiro atoms. The van der Waals surface area contributed by atoms with Crippen LogP contribution in [0.1, 0.15) is 21.1 Å². The number of hydrogen-bond acceptors (Lipinski definition) is 3. The monoisotopic (exact) mass is 262 g/mol. The van der Waals surface area contributed by atoms with E-state index >= 15 is 0 Å². The van der Waals surface area contributed by atoms with Crippen LogP contribution < -0.4 is 0 Å². The Kier molecular flexibility index (Phi) is 3.78. The minimum atomic E-state index is 0.449. The van der Waals surface area contributed by atoms with Crippen LogP contribution in [0.3, 0.4) is 0 Å². The SMILES string of the molecule is Cc1nc(Cc2ccc(Cl)cc2)sc1CC#N. The van der Waals surface area contributed by atoms with Crippen molar-refractivity contribution < 1.29 is 0 Å². The molecule has 0 radical (unpaired) electrons. The molecule has 2 rings (SSSR count). The van der Waals surface area contributed by atoms with Crippen molar-refractivity contribution in [3.63, 3.8) is 0 Å². The molecule has 0 bridgehead atoms. The second-order valence-corrected chi connectivity index (χ2v) is 5.36. The van der Waals surface area contributed by atoms with Crippen LogP contribution in [0, 0.1) is 18.3 Å². The van der Waals surface area contributed by atoms with Crippen LogP contribution >= 0.6 is 22.9 Å². The average molecular weight is 263 g/mol. The number of rotatable bonds is 3. The number of aryl methyl sites for hydroxylation is 1. The number of nitrogens with zero attached hydrogens (tertiary/aromatic N) is 2. The van der Waals surface area contributed by atoms with E-state index in [9.17, 15) is 0 Å². The van der Waals surface area contributed by atoms with Gasteiger partial charge in [-0.2, -0.15) is 5.26 Å². The lowest BCUT2D eigenvalue weighted by Gasteiger charge is -1.97. The molecule has 0 aliphatic rings. The Morgan fingerprint density at radius 2 is 2.06 bits per heavy atom. The van der Waals surface area contributed by atoms with Crippen molar-refractivity contribution in [2.75, 3.05) is 0 Å². The maximum absolute atomic E-state index is 8.69. The van der Waals surface area contributed by atoms with Crippen molar-refractivity contribution in [3.8, 4) is 6.07 Å². The van der Waals surface area contributed by atoms with Gasteiger partial charge in [0.25, 0.3) is 0 Å². The molecule has 2 nitrogen and oxygen atoms in total. The molecule has 17 heavy (non-hydrogen) atoms. The van der Waals surface area contributed by atoms with E-state index in [1.165, 1.54) is 5.56 Å². The summed E-state index contributed by atoms with van der Waals surface area (Å²) in [5.41, 5.74) is 2.16. The summed E-state index contributed by atoms with van der Waals surface area (Å²) in [6.07, 6.45) is 1.25. The first-order chi connectivity index (χ1) is 8.19. The van der Waals surface area contributed by atoms with E-state index in [0.717, 1.165) is 27.0 Å². The third-order valence-electron chi connectivity index (χ3n) is 2.45. The molecule has 0 saturated carbocycles. The van der Waals surface area contributed by atoms with Gasteiger partial charge in [0.2, 0.25) is 0 Å². The van der Waals surface area contributed by atoms with Crippen LogP contribution in [0.15, 0.2) is 24.3 Å². The normalized spacial score (nSPS) is 10.2. The predicted molar refractivity (Wildman–Crippen MR) is 70.4 cm³/mol. The van der Waals surface area contributed by atoms with Gasteiger partial charge < -0.3 is 0 Å². The Bertz CT molecular complexity index is 552. The Morgan fingerprint density at radius 3 is 2.71 bits per heavy atom. The molecule has 1 aromatic carbocycles. The highest BCUT2D eigenvalue weighted by Gasteiger charge is 2.07. The second-order valence-electron chi connectivity index (χ2n) is 3.75. The van der Waals surface area contributed by atoms with E-state index in [1.807, 2.05) is 31.2 Å². The number of aromatic nitrogens is 1. The van der Waals surface area contributed by atoms with Crippen molar-refractivity contribution in [1.29, 1.82) is 5.26 Å². The van der Waals surface area contributed by atoms with E-state index in [0.29, 0.717) is 6.42 Å². The second kappa shape index (κ2) is 5.31. The first-order valence-corrected chi connectivity index (χ1v) is 6.45. The zero-order chi connectivity index (χ0) is 12.3. The van der Waals surface area contributed by atoms with Gasteiger partial charge in [0.1, 0.15) is 0 Å². The summed E-state index contributed by atoms with van der Waals surface area (Å²) in [5, 5.41) is 10.5. The maximum atomic E-state index is 8.69. The summed E-state index contributed by atoms with van der Waals surface area (Å²) in [7, 11) is 0. The first kappa shape index (κ1) is 12.1. The summed E-state index contributed by atoms with van der Waals surface area (Å²) in [5.74, 6) is 0. The van der Waals surface area contributed by atoms with Crippen LogP contribution in [-0.2, 0) is 12.8 Å². The molecule has 0 atom stereocenters. The van der Waals surface area contributed by atoms with Crippen LogP contribution in [0.4, 0.5) is 0 Å². The predicted octanol–water partition coefficient (Wildman–Crippen LogP) is 3.76. The van der Waals surface area contributed by atoms with Gasteiger partial charge in [-0.3, -0.25) is 0 Å². The quantitative estimate of drug-likeness (QED) is 0.844. The fourth-order valence-electron chi connectivity index (χ4n) is 1.58. The van der Waals surface area contributed by atoms with Gasteiger partial charge in [0, 0.05) is 16.3 Å². The van der Waals surface area contributed by atoms with Crippen LogP contribution in [-0.4, -0.2) is 4.98 Å². The minimum absolute atomic E-state index is 0.449. The molecule has 1 heterocycles. The molecule has 0 saturated heterocycles. The van der Waals surface area contributed by atoms with E-state index < -0.39 is 0 Å². The van der Waals surface area contributed by atoms with Crippen molar-refractivity contribution in [1.82, 2.24) is 4.98 Å². The van der Waals surface area contributed by atoms with E-state index in [2.05, 4.69) is 11.1 Å². The largest absolute Gasteiger partial charge is 0.246 e. The highest BCUT2D eigenvalue weighted by molar-refractivity contribution is 7.11. The van der Waals surface area contributed by atoms with E-state index in [1.54, 1.807) is 11.3 Å². The lowest BCUT2D eigenvalue weighted by atomic mass is 10.2. The topological polar surface area (TPSA) is 36.7 Å². The minimum Gasteiger partial charge on any atom is -0.246 e. The molecular weight excluding hydrogens is 252 g/mol. The van der Waals surface area contributed by atoms with E-state index in [-0.39, 0.29) is 0 Å². The zero-order valence-electron chi connectivity index (χ0n) is 9.40. The fraction of sp³-hybridized carbons (Fsp3) is 0.231. The number of thiazole rings is 1. The number of halogens is 1. The molecule has 1 aromatic heterocycles. The highest BCUT2D eigenvalue weighted by atomic mass is 35.5. The summed E-state index contributed by atoms with van der Waals surface area (Å²) in [4.78, 5) is 5.55. The van der Waals surface area contributed by atoms with Crippen molar-refractivity contribution in [2.45, 2.75) is 19.8 Å². The smallest absolute Gasteiger partial charge is 0.0975 e. The average Bonchev–Trinajstić information content (AvgIpc) is 2.63. The standard InChI is InChI=1S/C13H11ClN2S/c1-9-12(6-7-15)17-13(16-9)8-10-2-4-11(14)5-3-10/h2-5H,6,8H2,1H3. The Morgan fingerprint density at radius 1 is 1.35 bits per heavy atom. The third kappa shape index (κ3) is 3.06. The van der Waals surface area contributed by atoms with E-state index in [4.69, 9.17) is 16.9 Å². The Balaban J connectivity index is 2.16. The van der Waals surface area contributed by atoms with Gasteiger partial charge >= 0.3 is 0 Å². The molecule has 0 amide bonds. The van der Waals surface area contributed by atoms with Gasteiger partial charge in [-0.15, -0.1) is 11.3 Å². The molecule has 0 unspecified atom stereocenters. The number of hydrogen-bond donors (Lipinski definition) is 0. The third-order valence-corrected chi connectivity index (χ3v) is 3.85. The van der Waals surface area contributed by atoms with Crippen molar-refractivity contribution in [2.24, 2.45) is 0 Å². The lowest BCUT2D eigenvalue weighted by molar-refractivity contribution is 1.09. The lowest BCUT2D eigenvalue weighted by Crippen LogP contribution is -1.86. The summed E-state index contributed by atoms with van der Waals surface area (Å²) in [6.45, 7) is 1.95. The fourth-order valence-corrected chi connectivity index (χ4v) is 2.74. The molecule has 4 heteroatoms. The summed E-state index contributed by atoms with van der Waals surface area (Å²) in [6, 6.07) is 9.93. The molecule has 0 fully saturated rings. The van der Waals surface area contributed by atoms with Gasteiger partial charge in [0.15, 0.2) is 0 Å². The van der Waals surface area contributed by atoms with Gasteiger partial charge in [0.05, 0.1) is 23.2 Å². The number of nitriles is 1. The molecule has 86 valence electrons. The number of benzene rings is 1. The van der Waals surface area contributed by atoms with Gasteiger partial charge in [-0.05, 0) is 24.6 Å². The zero-order valence-corrected chi connectivity index (χ0v) is 11.0. The molecule has 0 aliphatic heterocycles. The van der Waals surface area contributed by atoms with Crippen LogP contribution in [0.25, 0.3) is 0 Å². The van der Waals surface area contributed by atoms with Gasteiger partial charge in [-0.1, -0.05) is 23.7 Å². The molecule has 0 aliphatic carbocycles. The van der Waals surface area contributed by atoms with Crippen molar-refractivity contribution in [3.05, 3.63) is 50.4 Å². The Labute approximate surface area is 110 Å². The summed E-state index contributed by atoms with van der Waals surface area (Å²) < 4.78 is 0.